The molecule has 0 unspecified atom stereocenters. The van der Waals surface area contributed by atoms with E-state index in [-0.39, 0.29) is 11.9 Å². The molecule has 0 N–H and O–H groups in total. The summed E-state index contributed by atoms with van der Waals surface area (Å²) in [6.45, 7) is 2.65. The summed E-state index contributed by atoms with van der Waals surface area (Å²) in [6, 6.07) is 13.5. The smallest absolute Gasteiger partial charge is 0.311 e. The molecular weight excluding hydrogens is 328 g/mol. The van der Waals surface area contributed by atoms with Crippen molar-refractivity contribution in [1.82, 2.24) is 0 Å². The van der Waals surface area contributed by atoms with E-state index in [1.54, 1.807) is 6.07 Å². The van der Waals surface area contributed by atoms with Crippen molar-refractivity contribution < 1.29 is 19.1 Å². The Kier molecular flexibility index (Phi) is 8.67. The molecule has 0 amide bonds. The largest absolute Gasteiger partial charge is 0.466 e. The first-order valence-corrected chi connectivity index (χ1v) is 9.54. The zero-order chi connectivity index (χ0) is 18.6. The topological polar surface area (TPSA) is 52.6 Å². The van der Waals surface area contributed by atoms with Gasteiger partial charge in [0.1, 0.15) is 5.75 Å². The molecule has 0 aromatic heterocycles. The van der Waals surface area contributed by atoms with Gasteiger partial charge in [-0.1, -0.05) is 56.5 Å². The van der Waals surface area contributed by atoms with Gasteiger partial charge in [0.05, 0.1) is 6.61 Å². The van der Waals surface area contributed by atoms with Crippen LogP contribution in [0, 0.1) is 0 Å². The van der Waals surface area contributed by atoms with Crippen LogP contribution in [0.2, 0.25) is 0 Å². The lowest BCUT2D eigenvalue weighted by atomic mass is 10.1. The van der Waals surface area contributed by atoms with Crippen LogP contribution in [0.4, 0.5) is 0 Å². The number of hydrogen-bond acceptors (Lipinski definition) is 4. The average Bonchev–Trinajstić information content (AvgIpc) is 2.65. The molecule has 140 valence electrons. The van der Waals surface area contributed by atoms with Crippen LogP contribution in [-0.2, 0) is 14.3 Å². The number of esters is 2. The van der Waals surface area contributed by atoms with Gasteiger partial charge in [-0.2, -0.15) is 0 Å². The molecule has 0 fully saturated rings. The highest BCUT2D eigenvalue weighted by Crippen LogP contribution is 2.21. The van der Waals surface area contributed by atoms with Gasteiger partial charge in [-0.15, -0.1) is 0 Å². The van der Waals surface area contributed by atoms with Gasteiger partial charge in [-0.25, -0.2) is 0 Å². The third kappa shape index (κ3) is 7.26. The van der Waals surface area contributed by atoms with Gasteiger partial charge in [-0.05, 0) is 42.2 Å². The molecule has 0 heterocycles. The molecule has 0 bridgehead atoms. The molecule has 2 aromatic carbocycles. The first kappa shape index (κ1) is 20.0. The standard InChI is InChI=1S/C22H28O4/c1-2-3-4-9-16-25-21(23)12-7-8-13-22(24)26-20-15-14-18-10-5-6-11-19(18)17-20/h5-6,10-11,14-15,17H,2-4,7-9,12-13,16H2,1H3. The Morgan fingerprint density at radius 1 is 0.808 bits per heavy atom. The molecule has 0 aliphatic heterocycles. The van der Waals surface area contributed by atoms with Crippen molar-refractivity contribution >= 4 is 22.7 Å². The number of unbranched alkanes of at least 4 members (excludes halogenated alkanes) is 4. The maximum absolute atomic E-state index is 11.9. The van der Waals surface area contributed by atoms with E-state index >= 15 is 0 Å². The lowest BCUT2D eigenvalue weighted by Crippen LogP contribution is -2.09. The molecule has 4 nitrogen and oxygen atoms in total. The molecule has 0 aliphatic carbocycles. The fourth-order valence-electron chi connectivity index (χ4n) is 2.74. The molecule has 2 rings (SSSR count). The lowest BCUT2D eigenvalue weighted by molar-refractivity contribution is -0.144. The second-order valence-electron chi connectivity index (χ2n) is 6.47. The van der Waals surface area contributed by atoms with Crippen LogP contribution >= 0.6 is 0 Å². The molecule has 0 saturated heterocycles. The fraction of sp³-hybridized carbons (Fsp3) is 0.455. The van der Waals surface area contributed by atoms with Gasteiger partial charge in [0.25, 0.3) is 0 Å². The molecule has 0 aliphatic rings. The molecule has 0 spiro atoms. The van der Waals surface area contributed by atoms with Crippen molar-refractivity contribution in [3.05, 3.63) is 42.5 Å². The van der Waals surface area contributed by atoms with Crippen LogP contribution < -0.4 is 4.74 Å². The van der Waals surface area contributed by atoms with Gasteiger partial charge < -0.3 is 9.47 Å². The summed E-state index contributed by atoms with van der Waals surface area (Å²) < 4.78 is 10.6. The maximum atomic E-state index is 11.9. The predicted molar refractivity (Wildman–Crippen MR) is 103 cm³/mol. The van der Waals surface area contributed by atoms with Gasteiger partial charge >= 0.3 is 11.9 Å². The maximum Gasteiger partial charge on any atom is 0.311 e. The highest BCUT2D eigenvalue weighted by Gasteiger charge is 2.08. The van der Waals surface area contributed by atoms with E-state index in [0.29, 0.717) is 38.0 Å². The van der Waals surface area contributed by atoms with Gasteiger partial charge in [0.15, 0.2) is 0 Å². The Balaban J connectivity index is 1.60. The van der Waals surface area contributed by atoms with Crippen molar-refractivity contribution in [1.29, 1.82) is 0 Å². The summed E-state index contributed by atoms with van der Waals surface area (Å²) in [6.07, 6.45) is 6.30. The van der Waals surface area contributed by atoms with Crippen molar-refractivity contribution in [2.45, 2.75) is 58.3 Å². The zero-order valence-corrected chi connectivity index (χ0v) is 15.5. The zero-order valence-electron chi connectivity index (χ0n) is 15.5. The lowest BCUT2D eigenvalue weighted by Gasteiger charge is -2.06. The fourth-order valence-corrected chi connectivity index (χ4v) is 2.74. The number of carbonyl (C=O) groups excluding carboxylic acids is 2. The van der Waals surface area contributed by atoms with Gasteiger partial charge in [0, 0.05) is 12.8 Å². The third-order valence-corrected chi connectivity index (χ3v) is 4.23. The molecule has 26 heavy (non-hydrogen) atoms. The van der Waals surface area contributed by atoms with E-state index in [4.69, 9.17) is 9.47 Å². The van der Waals surface area contributed by atoms with E-state index in [9.17, 15) is 9.59 Å². The van der Waals surface area contributed by atoms with Crippen molar-refractivity contribution in [3.8, 4) is 5.75 Å². The summed E-state index contributed by atoms with van der Waals surface area (Å²) >= 11 is 0. The number of fused-ring (bicyclic) bond motifs is 1. The highest BCUT2D eigenvalue weighted by molar-refractivity contribution is 5.84. The number of ether oxygens (including phenoxy) is 2. The Hall–Kier alpha value is -2.36. The van der Waals surface area contributed by atoms with Crippen molar-refractivity contribution in [2.24, 2.45) is 0 Å². The predicted octanol–water partition coefficient (Wildman–Crippen LogP) is 5.43. The van der Waals surface area contributed by atoms with Gasteiger partial charge in [-0.3, -0.25) is 9.59 Å². The van der Waals surface area contributed by atoms with E-state index in [1.807, 2.05) is 36.4 Å². The van der Waals surface area contributed by atoms with E-state index < -0.39 is 0 Å². The normalized spacial score (nSPS) is 10.7. The second-order valence-corrected chi connectivity index (χ2v) is 6.47. The Morgan fingerprint density at radius 2 is 1.54 bits per heavy atom. The summed E-state index contributed by atoms with van der Waals surface area (Å²) in [5, 5.41) is 2.15. The van der Waals surface area contributed by atoms with Crippen LogP contribution in [0.1, 0.15) is 58.3 Å². The molecule has 0 saturated carbocycles. The Morgan fingerprint density at radius 3 is 2.31 bits per heavy atom. The summed E-state index contributed by atoms with van der Waals surface area (Å²) in [4.78, 5) is 23.5. The monoisotopic (exact) mass is 356 g/mol. The van der Waals surface area contributed by atoms with Gasteiger partial charge in [0.2, 0.25) is 0 Å². The Bertz CT molecular complexity index is 708. The van der Waals surface area contributed by atoms with Crippen molar-refractivity contribution in [2.75, 3.05) is 6.61 Å². The van der Waals surface area contributed by atoms with Crippen LogP contribution in [-0.4, -0.2) is 18.5 Å². The van der Waals surface area contributed by atoms with Crippen molar-refractivity contribution in [3.63, 3.8) is 0 Å². The quantitative estimate of drug-likeness (QED) is 0.306. The first-order chi connectivity index (χ1) is 12.7. The number of rotatable bonds is 11. The molecule has 4 heteroatoms. The minimum absolute atomic E-state index is 0.176. The third-order valence-electron chi connectivity index (χ3n) is 4.23. The molecule has 0 atom stereocenters. The molecule has 0 radical (unpaired) electrons. The van der Waals surface area contributed by atoms with E-state index in [1.165, 1.54) is 12.8 Å². The summed E-state index contributed by atoms with van der Waals surface area (Å²) in [5.74, 6) is 0.109. The second kappa shape index (κ2) is 11.3. The highest BCUT2D eigenvalue weighted by atomic mass is 16.5. The SMILES string of the molecule is CCCCCCOC(=O)CCCCC(=O)Oc1ccc2ccccc2c1. The van der Waals surface area contributed by atoms with E-state index in [2.05, 4.69) is 6.92 Å². The summed E-state index contributed by atoms with van der Waals surface area (Å²) in [7, 11) is 0. The Labute approximate surface area is 155 Å². The first-order valence-electron chi connectivity index (χ1n) is 9.54. The summed E-state index contributed by atoms with van der Waals surface area (Å²) in [5.41, 5.74) is 0. The van der Waals surface area contributed by atoms with E-state index in [0.717, 1.165) is 23.6 Å². The number of carbonyl (C=O) groups is 2. The van der Waals surface area contributed by atoms with Crippen LogP contribution in [0.5, 0.6) is 5.75 Å². The molecule has 2 aromatic rings. The number of benzene rings is 2. The minimum Gasteiger partial charge on any atom is -0.466 e. The number of hydrogen-bond donors (Lipinski definition) is 0. The van der Waals surface area contributed by atoms with Crippen LogP contribution in [0.25, 0.3) is 10.8 Å². The average molecular weight is 356 g/mol. The van der Waals surface area contributed by atoms with Crippen LogP contribution in [0.3, 0.4) is 0 Å². The molecular formula is C22H28O4. The minimum atomic E-state index is -0.270. The van der Waals surface area contributed by atoms with Crippen LogP contribution in [0.15, 0.2) is 42.5 Å².